The number of alkyl halides is 2. The molecule has 0 aliphatic rings. The maximum atomic E-state index is 12.1. The van der Waals surface area contributed by atoms with E-state index in [1.807, 2.05) is 6.92 Å². The van der Waals surface area contributed by atoms with E-state index in [0.29, 0.717) is 5.75 Å². The zero-order valence-electron chi connectivity index (χ0n) is 10.4. The lowest BCUT2D eigenvalue weighted by Gasteiger charge is -2.11. The van der Waals surface area contributed by atoms with Gasteiger partial charge in [-0.15, -0.1) is 0 Å². The molecule has 2 N–H and O–H groups in total. The Bertz CT molecular complexity index is 375. The molecule has 1 aromatic rings. The van der Waals surface area contributed by atoms with Gasteiger partial charge in [-0.25, -0.2) is 0 Å². The van der Waals surface area contributed by atoms with Crippen LogP contribution >= 0.6 is 11.8 Å². The summed E-state index contributed by atoms with van der Waals surface area (Å²) in [5.41, 5.74) is 6.63. The van der Waals surface area contributed by atoms with Crippen molar-refractivity contribution in [3.8, 4) is 11.5 Å². The molecule has 1 aromatic carbocycles. The molecule has 0 heterocycles. The van der Waals surface area contributed by atoms with Crippen molar-refractivity contribution in [3.63, 3.8) is 0 Å². The van der Waals surface area contributed by atoms with Crippen LogP contribution in [-0.2, 0) is 5.75 Å². The molecule has 0 spiro atoms. The molecule has 1 unspecified atom stereocenters. The van der Waals surface area contributed by atoms with Crippen molar-refractivity contribution < 1.29 is 18.3 Å². The molecule has 0 fully saturated rings. The first-order valence-corrected chi connectivity index (χ1v) is 6.63. The topological polar surface area (TPSA) is 44.5 Å². The van der Waals surface area contributed by atoms with Crippen LogP contribution < -0.4 is 15.2 Å². The van der Waals surface area contributed by atoms with Crippen LogP contribution in [0.4, 0.5) is 8.78 Å². The van der Waals surface area contributed by atoms with Gasteiger partial charge in [0.1, 0.15) is 0 Å². The molecule has 0 aromatic heterocycles. The molecular weight excluding hydrogens is 260 g/mol. The Labute approximate surface area is 110 Å². The predicted octanol–water partition coefficient (Wildman–Crippen LogP) is 2.88. The SMILES string of the molecule is COc1cc(CSCC(C)N)ccc1OC(F)F. The van der Waals surface area contributed by atoms with Crippen molar-refractivity contribution in [2.75, 3.05) is 12.9 Å². The largest absolute Gasteiger partial charge is 0.493 e. The van der Waals surface area contributed by atoms with Gasteiger partial charge in [0.05, 0.1) is 7.11 Å². The molecule has 0 bridgehead atoms. The average molecular weight is 277 g/mol. The van der Waals surface area contributed by atoms with E-state index in [0.717, 1.165) is 17.1 Å². The summed E-state index contributed by atoms with van der Waals surface area (Å²) in [5, 5.41) is 0. The van der Waals surface area contributed by atoms with Crippen LogP contribution in [-0.4, -0.2) is 25.5 Å². The highest BCUT2D eigenvalue weighted by molar-refractivity contribution is 7.98. The third-order valence-electron chi connectivity index (χ3n) is 2.09. The minimum atomic E-state index is -2.85. The Kier molecular flexibility index (Phi) is 6.21. The molecular formula is C12H17F2NO2S. The summed E-state index contributed by atoms with van der Waals surface area (Å²) in [5.74, 6) is 1.97. The van der Waals surface area contributed by atoms with Crippen LogP contribution in [0.15, 0.2) is 18.2 Å². The predicted molar refractivity (Wildman–Crippen MR) is 69.4 cm³/mol. The summed E-state index contributed by atoms with van der Waals surface area (Å²) < 4.78 is 33.6. The van der Waals surface area contributed by atoms with Gasteiger partial charge in [-0.3, -0.25) is 0 Å². The van der Waals surface area contributed by atoms with Crippen molar-refractivity contribution in [1.82, 2.24) is 0 Å². The fourth-order valence-corrected chi connectivity index (χ4v) is 2.26. The van der Waals surface area contributed by atoms with Crippen LogP contribution in [0.5, 0.6) is 11.5 Å². The third kappa shape index (κ3) is 5.10. The van der Waals surface area contributed by atoms with Crippen LogP contribution in [0.3, 0.4) is 0 Å². The lowest BCUT2D eigenvalue weighted by Crippen LogP contribution is -2.17. The van der Waals surface area contributed by atoms with Crippen LogP contribution in [0, 0.1) is 0 Å². The molecule has 0 radical (unpaired) electrons. The van der Waals surface area contributed by atoms with Gasteiger partial charge in [-0.2, -0.15) is 20.5 Å². The van der Waals surface area contributed by atoms with E-state index in [4.69, 9.17) is 10.5 Å². The van der Waals surface area contributed by atoms with E-state index in [1.165, 1.54) is 13.2 Å². The Morgan fingerprint density at radius 2 is 2.06 bits per heavy atom. The number of rotatable bonds is 7. The molecule has 0 aliphatic carbocycles. The number of halogens is 2. The lowest BCUT2D eigenvalue weighted by molar-refractivity contribution is -0.0512. The minimum absolute atomic E-state index is 0.0495. The Morgan fingerprint density at radius 1 is 1.33 bits per heavy atom. The molecule has 0 saturated carbocycles. The zero-order valence-corrected chi connectivity index (χ0v) is 11.2. The number of ether oxygens (including phenoxy) is 2. The fourth-order valence-electron chi connectivity index (χ4n) is 1.36. The zero-order chi connectivity index (χ0) is 13.5. The molecule has 3 nitrogen and oxygen atoms in total. The van der Waals surface area contributed by atoms with Gasteiger partial charge in [0.15, 0.2) is 11.5 Å². The molecule has 0 aliphatic heterocycles. The molecule has 1 atom stereocenters. The molecule has 6 heteroatoms. The first-order chi connectivity index (χ1) is 8.52. The third-order valence-corrected chi connectivity index (χ3v) is 3.39. The van der Waals surface area contributed by atoms with Crippen LogP contribution in [0.2, 0.25) is 0 Å². The Morgan fingerprint density at radius 3 is 2.61 bits per heavy atom. The highest BCUT2D eigenvalue weighted by Gasteiger charge is 2.11. The van der Waals surface area contributed by atoms with Crippen molar-refractivity contribution in [1.29, 1.82) is 0 Å². The maximum absolute atomic E-state index is 12.1. The number of hydrogen-bond acceptors (Lipinski definition) is 4. The number of benzene rings is 1. The van der Waals surface area contributed by atoms with Crippen molar-refractivity contribution in [3.05, 3.63) is 23.8 Å². The number of nitrogens with two attached hydrogens (primary N) is 1. The summed E-state index contributed by atoms with van der Waals surface area (Å²) in [4.78, 5) is 0. The number of hydrogen-bond donors (Lipinski definition) is 1. The van der Waals surface area contributed by atoms with E-state index >= 15 is 0 Å². The highest BCUT2D eigenvalue weighted by Crippen LogP contribution is 2.30. The van der Waals surface area contributed by atoms with E-state index in [1.54, 1.807) is 23.9 Å². The van der Waals surface area contributed by atoms with Crippen LogP contribution in [0.1, 0.15) is 12.5 Å². The van der Waals surface area contributed by atoms with E-state index in [9.17, 15) is 8.78 Å². The van der Waals surface area contributed by atoms with Gasteiger partial charge in [0, 0.05) is 17.5 Å². The Hall–Kier alpha value is -1.01. The normalized spacial score (nSPS) is 12.6. The second-order valence-electron chi connectivity index (χ2n) is 3.86. The van der Waals surface area contributed by atoms with E-state index in [2.05, 4.69) is 4.74 Å². The van der Waals surface area contributed by atoms with Crippen molar-refractivity contribution in [2.45, 2.75) is 25.3 Å². The number of methoxy groups -OCH3 is 1. The first kappa shape index (κ1) is 15.0. The smallest absolute Gasteiger partial charge is 0.387 e. The number of thioether (sulfide) groups is 1. The van der Waals surface area contributed by atoms with E-state index < -0.39 is 6.61 Å². The van der Waals surface area contributed by atoms with Gasteiger partial charge in [0.2, 0.25) is 0 Å². The van der Waals surface area contributed by atoms with E-state index in [-0.39, 0.29) is 11.8 Å². The van der Waals surface area contributed by atoms with Crippen LogP contribution in [0.25, 0.3) is 0 Å². The maximum Gasteiger partial charge on any atom is 0.387 e. The van der Waals surface area contributed by atoms with Crippen molar-refractivity contribution >= 4 is 11.8 Å². The monoisotopic (exact) mass is 277 g/mol. The summed E-state index contributed by atoms with van der Waals surface area (Å²) in [6.07, 6.45) is 0. The molecule has 1 rings (SSSR count). The standard InChI is InChI=1S/C12H17F2NO2S/c1-8(15)6-18-7-9-3-4-10(17-12(13)14)11(5-9)16-2/h3-5,8,12H,6-7,15H2,1-2H3. The highest BCUT2D eigenvalue weighted by atomic mass is 32.2. The van der Waals surface area contributed by atoms with Gasteiger partial charge in [0.25, 0.3) is 0 Å². The minimum Gasteiger partial charge on any atom is -0.493 e. The van der Waals surface area contributed by atoms with Gasteiger partial charge < -0.3 is 15.2 Å². The summed E-state index contributed by atoms with van der Waals surface area (Å²) >= 11 is 1.68. The molecule has 102 valence electrons. The summed E-state index contributed by atoms with van der Waals surface area (Å²) in [6.45, 7) is -0.912. The molecule has 0 amide bonds. The molecule has 18 heavy (non-hydrogen) atoms. The first-order valence-electron chi connectivity index (χ1n) is 5.48. The average Bonchev–Trinajstić information content (AvgIpc) is 2.29. The van der Waals surface area contributed by atoms with Crippen molar-refractivity contribution in [2.24, 2.45) is 5.73 Å². The van der Waals surface area contributed by atoms with Gasteiger partial charge >= 0.3 is 6.61 Å². The van der Waals surface area contributed by atoms with Gasteiger partial charge in [-0.05, 0) is 24.6 Å². The molecule has 0 saturated heterocycles. The second kappa shape index (κ2) is 7.43. The lowest BCUT2D eigenvalue weighted by atomic mass is 10.2. The van der Waals surface area contributed by atoms with Gasteiger partial charge in [-0.1, -0.05) is 6.07 Å². The quantitative estimate of drug-likeness (QED) is 0.832. The fraction of sp³-hybridized carbons (Fsp3) is 0.500. The summed E-state index contributed by atoms with van der Waals surface area (Å²) in [7, 11) is 1.42. The Balaban J connectivity index is 2.66. The second-order valence-corrected chi connectivity index (χ2v) is 4.89. The summed E-state index contributed by atoms with van der Waals surface area (Å²) in [6, 6.07) is 5.07.